The van der Waals surface area contributed by atoms with Gasteiger partial charge < -0.3 is 10.2 Å². The van der Waals surface area contributed by atoms with Gasteiger partial charge in [-0.15, -0.1) is 0 Å². The zero-order valence-corrected chi connectivity index (χ0v) is 19.6. The van der Waals surface area contributed by atoms with Crippen molar-refractivity contribution in [1.82, 2.24) is 5.32 Å². The molecule has 0 bridgehead atoms. The van der Waals surface area contributed by atoms with Crippen molar-refractivity contribution in [1.29, 1.82) is 0 Å². The van der Waals surface area contributed by atoms with Crippen LogP contribution in [-0.2, 0) is 21.4 Å². The van der Waals surface area contributed by atoms with Crippen molar-refractivity contribution in [2.45, 2.75) is 47.2 Å². The summed E-state index contributed by atoms with van der Waals surface area (Å²) >= 11 is 0. The molecule has 0 aliphatic heterocycles. The molecule has 0 aliphatic carbocycles. The highest BCUT2D eigenvalue weighted by molar-refractivity contribution is 7.92. The molecule has 30 heavy (non-hydrogen) atoms. The Kier molecular flexibility index (Phi) is 7.89. The van der Waals surface area contributed by atoms with Crippen LogP contribution in [0.15, 0.2) is 42.5 Å². The summed E-state index contributed by atoms with van der Waals surface area (Å²) in [5, 5.41) is 2.87. The van der Waals surface area contributed by atoms with E-state index >= 15 is 0 Å². The van der Waals surface area contributed by atoms with E-state index in [1.165, 1.54) is 4.31 Å². The largest absolute Gasteiger partial charge is 0.372 e. The van der Waals surface area contributed by atoms with Gasteiger partial charge in [-0.1, -0.05) is 24.3 Å². The number of hydrogen-bond donors (Lipinski definition) is 1. The van der Waals surface area contributed by atoms with Crippen molar-refractivity contribution in [3.05, 3.63) is 59.2 Å². The maximum Gasteiger partial charge on any atom is 0.243 e. The average molecular weight is 432 g/mol. The Balaban J connectivity index is 2.15. The van der Waals surface area contributed by atoms with E-state index in [0.29, 0.717) is 12.2 Å². The van der Waals surface area contributed by atoms with Gasteiger partial charge >= 0.3 is 0 Å². The van der Waals surface area contributed by atoms with E-state index in [9.17, 15) is 13.2 Å². The van der Waals surface area contributed by atoms with Crippen LogP contribution in [0.25, 0.3) is 0 Å². The Labute approximate surface area is 180 Å². The van der Waals surface area contributed by atoms with Gasteiger partial charge in [0, 0.05) is 25.3 Å². The topological polar surface area (TPSA) is 69.7 Å². The van der Waals surface area contributed by atoms with Gasteiger partial charge in [-0.25, -0.2) is 8.42 Å². The molecule has 2 rings (SSSR count). The third-order valence-corrected chi connectivity index (χ3v) is 6.45. The number of aryl methyl sites for hydroxylation is 2. The molecule has 164 valence electrons. The van der Waals surface area contributed by atoms with Gasteiger partial charge in [-0.05, 0) is 69.5 Å². The normalized spacial score (nSPS) is 12.3. The molecule has 7 heteroatoms. The molecule has 0 fully saturated rings. The molecular formula is C23H33N3O3S. The van der Waals surface area contributed by atoms with Crippen molar-refractivity contribution < 1.29 is 13.2 Å². The third-order valence-electron chi connectivity index (χ3n) is 5.22. The van der Waals surface area contributed by atoms with Crippen molar-refractivity contribution in [3.63, 3.8) is 0 Å². The minimum Gasteiger partial charge on any atom is -0.372 e. The van der Waals surface area contributed by atoms with Crippen LogP contribution in [0.3, 0.4) is 0 Å². The van der Waals surface area contributed by atoms with E-state index in [2.05, 4.69) is 24.1 Å². The van der Waals surface area contributed by atoms with Gasteiger partial charge in [0.2, 0.25) is 15.9 Å². The lowest BCUT2D eigenvalue weighted by molar-refractivity contribution is -0.122. The molecule has 0 radical (unpaired) electrons. The smallest absolute Gasteiger partial charge is 0.243 e. The van der Waals surface area contributed by atoms with Crippen molar-refractivity contribution in [2.24, 2.45) is 0 Å². The fourth-order valence-corrected chi connectivity index (χ4v) is 4.71. The molecule has 0 spiro atoms. The minimum absolute atomic E-state index is 0.339. The molecule has 6 nitrogen and oxygen atoms in total. The number of rotatable bonds is 9. The van der Waals surface area contributed by atoms with Crippen LogP contribution in [0.4, 0.5) is 11.4 Å². The number of sulfonamides is 1. The molecule has 1 N–H and O–H groups in total. The maximum absolute atomic E-state index is 12.8. The lowest BCUT2D eigenvalue weighted by Crippen LogP contribution is -2.48. The summed E-state index contributed by atoms with van der Waals surface area (Å²) in [4.78, 5) is 15.1. The van der Waals surface area contributed by atoms with Crippen LogP contribution in [-0.4, -0.2) is 39.7 Å². The second kappa shape index (κ2) is 9.98. The molecular weight excluding hydrogens is 398 g/mol. The Morgan fingerprint density at radius 1 is 1.03 bits per heavy atom. The monoisotopic (exact) mass is 431 g/mol. The van der Waals surface area contributed by atoms with E-state index in [4.69, 9.17) is 0 Å². The van der Waals surface area contributed by atoms with Gasteiger partial charge in [0.1, 0.15) is 6.04 Å². The Morgan fingerprint density at radius 3 is 2.17 bits per heavy atom. The summed E-state index contributed by atoms with van der Waals surface area (Å²) in [5.41, 5.74) is 4.37. The second-order valence-corrected chi connectivity index (χ2v) is 9.44. The first-order valence-corrected chi connectivity index (χ1v) is 12.1. The number of nitrogens with zero attached hydrogens (tertiary/aromatic N) is 2. The van der Waals surface area contributed by atoms with E-state index in [-0.39, 0.29) is 5.91 Å². The van der Waals surface area contributed by atoms with Gasteiger partial charge in [-0.3, -0.25) is 9.10 Å². The highest BCUT2D eigenvalue weighted by Gasteiger charge is 2.30. The van der Waals surface area contributed by atoms with E-state index in [1.807, 2.05) is 50.2 Å². The molecule has 0 unspecified atom stereocenters. The van der Waals surface area contributed by atoms with Crippen LogP contribution < -0.4 is 14.5 Å². The first kappa shape index (κ1) is 23.7. The number of anilines is 2. The lowest BCUT2D eigenvalue weighted by atomic mass is 10.1. The van der Waals surface area contributed by atoms with Crippen LogP contribution in [0, 0.1) is 13.8 Å². The van der Waals surface area contributed by atoms with Crippen LogP contribution in [0.1, 0.15) is 37.5 Å². The highest BCUT2D eigenvalue weighted by atomic mass is 32.2. The fraction of sp³-hybridized carbons (Fsp3) is 0.435. The van der Waals surface area contributed by atoms with Gasteiger partial charge in [-0.2, -0.15) is 0 Å². The number of benzene rings is 2. The molecule has 1 amide bonds. The van der Waals surface area contributed by atoms with E-state index in [1.54, 1.807) is 13.0 Å². The third kappa shape index (κ3) is 5.75. The summed E-state index contributed by atoms with van der Waals surface area (Å²) in [5.74, 6) is -0.339. The zero-order valence-electron chi connectivity index (χ0n) is 18.8. The van der Waals surface area contributed by atoms with Crippen molar-refractivity contribution in [3.8, 4) is 0 Å². The molecule has 0 saturated heterocycles. The van der Waals surface area contributed by atoms with Crippen LogP contribution >= 0.6 is 0 Å². The lowest BCUT2D eigenvalue weighted by Gasteiger charge is -2.29. The highest BCUT2D eigenvalue weighted by Crippen LogP contribution is 2.26. The predicted octanol–water partition coefficient (Wildman–Crippen LogP) is 3.62. The SMILES string of the molecule is CCN(CC)c1ccc(CNC(=O)[C@@H](C)N(c2cc(C)ccc2C)S(C)(=O)=O)cc1. The summed E-state index contributed by atoms with van der Waals surface area (Å²) in [6.07, 6.45) is 1.13. The first-order chi connectivity index (χ1) is 14.1. The minimum atomic E-state index is -3.64. The first-order valence-electron chi connectivity index (χ1n) is 10.3. The number of nitrogens with one attached hydrogen (secondary N) is 1. The molecule has 0 heterocycles. The fourth-order valence-electron chi connectivity index (χ4n) is 3.49. The van der Waals surface area contributed by atoms with E-state index < -0.39 is 16.1 Å². The molecule has 2 aromatic rings. The number of amides is 1. The summed E-state index contributed by atoms with van der Waals surface area (Å²) in [6, 6.07) is 12.8. The Hall–Kier alpha value is -2.54. The number of carbonyl (C=O) groups excluding carboxylic acids is 1. The molecule has 1 atom stereocenters. The predicted molar refractivity (Wildman–Crippen MR) is 125 cm³/mol. The average Bonchev–Trinajstić information content (AvgIpc) is 2.69. The van der Waals surface area contributed by atoms with Crippen molar-refractivity contribution >= 4 is 27.3 Å². The molecule has 0 aromatic heterocycles. The van der Waals surface area contributed by atoms with Crippen molar-refractivity contribution in [2.75, 3.05) is 28.6 Å². The Bertz CT molecular complexity index is 968. The van der Waals surface area contributed by atoms with E-state index in [0.717, 1.165) is 41.7 Å². The quantitative estimate of drug-likeness (QED) is 0.658. The number of hydrogen-bond acceptors (Lipinski definition) is 4. The summed E-state index contributed by atoms with van der Waals surface area (Å²) < 4.78 is 26.2. The Morgan fingerprint density at radius 2 is 1.63 bits per heavy atom. The van der Waals surface area contributed by atoms with Gasteiger partial charge in [0.15, 0.2) is 0 Å². The van der Waals surface area contributed by atoms with Crippen LogP contribution in [0.2, 0.25) is 0 Å². The summed E-state index contributed by atoms with van der Waals surface area (Å²) in [7, 11) is -3.64. The van der Waals surface area contributed by atoms with Crippen LogP contribution in [0.5, 0.6) is 0 Å². The molecule has 2 aromatic carbocycles. The van der Waals surface area contributed by atoms with Gasteiger partial charge in [0.05, 0.1) is 11.9 Å². The zero-order chi connectivity index (χ0) is 22.5. The molecule has 0 aliphatic rings. The van der Waals surface area contributed by atoms with Gasteiger partial charge in [0.25, 0.3) is 0 Å². The standard InChI is InChI=1S/C23H33N3O3S/c1-7-25(8-2)21-13-11-20(12-14-21)16-24-23(27)19(5)26(30(6,28)29)22-15-17(3)9-10-18(22)4/h9-15,19H,7-8,16H2,1-6H3,(H,24,27)/t19-/m1/s1. The molecule has 0 saturated carbocycles. The maximum atomic E-state index is 12.8. The second-order valence-electron chi connectivity index (χ2n) is 7.58. The number of carbonyl (C=O) groups is 1. The summed E-state index contributed by atoms with van der Waals surface area (Å²) in [6.45, 7) is 11.8.